The molecule has 0 saturated carbocycles. The van der Waals surface area contributed by atoms with Gasteiger partial charge in [0.2, 0.25) is 11.5 Å². The van der Waals surface area contributed by atoms with Crippen molar-refractivity contribution in [2.24, 2.45) is 14.1 Å². The largest absolute Gasteiger partial charge is 0.351 e. The van der Waals surface area contributed by atoms with Gasteiger partial charge in [-0.1, -0.05) is 18.2 Å². The van der Waals surface area contributed by atoms with Gasteiger partial charge in [0.05, 0.1) is 12.1 Å². The molecule has 0 aliphatic carbocycles. The maximum atomic E-state index is 12.5. The monoisotopic (exact) mass is 411 g/mol. The second-order valence-corrected chi connectivity index (χ2v) is 6.75. The van der Waals surface area contributed by atoms with E-state index >= 15 is 0 Å². The number of aromatic nitrogens is 3. The zero-order chi connectivity index (χ0) is 21.8. The average molecular weight is 411 g/mol. The van der Waals surface area contributed by atoms with Gasteiger partial charge in [-0.3, -0.25) is 28.3 Å². The lowest BCUT2D eigenvalue weighted by Gasteiger charge is -2.11. The predicted molar refractivity (Wildman–Crippen MR) is 110 cm³/mol. The van der Waals surface area contributed by atoms with Crippen molar-refractivity contribution in [3.63, 3.8) is 0 Å². The number of pyridine rings is 1. The third kappa shape index (κ3) is 4.37. The van der Waals surface area contributed by atoms with Gasteiger partial charge in [0.1, 0.15) is 0 Å². The van der Waals surface area contributed by atoms with E-state index in [2.05, 4.69) is 15.6 Å². The lowest BCUT2D eigenvalue weighted by atomic mass is 10.1. The van der Waals surface area contributed by atoms with Crippen molar-refractivity contribution in [2.45, 2.75) is 13.0 Å². The second-order valence-electron chi connectivity index (χ2n) is 6.75. The van der Waals surface area contributed by atoms with Gasteiger partial charge in [-0.25, -0.2) is 4.79 Å². The van der Waals surface area contributed by atoms with Crippen LogP contribution >= 0.6 is 0 Å². The van der Waals surface area contributed by atoms with Crippen molar-refractivity contribution in [1.29, 1.82) is 0 Å². The molecular formula is C20H21N5O5. The Morgan fingerprint density at radius 2 is 1.73 bits per heavy atom. The van der Waals surface area contributed by atoms with Crippen LogP contribution in [0.1, 0.15) is 22.5 Å². The molecule has 30 heavy (non-hydrogen) atoms. The van der Waals surface area contributed by atoms with Crippen LogP contribution in [0.4, 0.5) is 0 Å². The van der Waals surface area contributed by atoms with E-state index in [1.165, 1.54) is 30.8 Å². The van der Waals surface area contributed by atoms with Crippen LogP contribution in [0.15, 0.2) is 50.8 Å². The van der Waals surface area contributed by atoms with E-state index in [-0.39, 0.29) is 31.0 Å². The number of carbonyl (C=O) groups excluding carboxylic acids is 2. The molecule has 0 bridgehead atoms. The number of nitrogens with zero attached hydrogens (tertiary/aromatic N) is 2. The Labute approximate surface area is 170 Å². The molecular weight excluding hydrogens is 390 g/mol. The minimum Gasteiger partial charge on any atom is -0.351 e. The van der Waals surface area contributed by atoms with E-state index < -0.39 is 22.7 Å². The fraction of sp³-hybridized carbons (Fsp3) is 0.250. The number of carbonyl (C=O) groups is 2. The molecule has 10 heteroatoms. The fourth-order valence-electron chi connectivity index (χ4n) is 3.00. The normalized spacial score (nSPS) is 10.7. The van der Waals surface area contributed by atoms with Crippen molar-refractivity contribution in [1.82, 2.24) is 24.8 Å². The number of para-hydroxylation sites is 1. The fourth-order valence-corrected chi connectivity index (χ4v) is 3.00. The van der Waals surface area contributed by atoms with E-state index in [1.54, 1.807) is 24.3 Å². The van der Waals surface area contributed by atoms with Crippen molar-refractivity contribution in [3.05, 3.63) is 78.8 Å². The van der Waals surface area contributed by atoms with Crippen molar-refractivity contribution in [3.8, 4) is 0 Å². The van der Waals surface area contributed by atoms with E-state index in [1.807, 2.05) is 0 Å². The quantitative estimate of drug-likeness (QED) is 0.496. The standard InChI is InChI=1S/C20H21N5O5/c1-24-12(9-18(28)25(2)20(24)30)11-22-16(26)7-8-21-19(29)14-10-17(27)23-15-6-4-3-5-13(14)15/h3-6,9-10H,7-8,11H2,1-2H3,(H,21,29)(H,22,26)(H,23,27). The Kier molecular flexibility index (Phi) is 5.95. The number of amides is 2. The highest BCUT2D eigenvalue weighted by atomic mass is 16.2. The predicted octanol–water partition coefficient (Wildman–Crippen LogP) is -0.638. The van der Waals surface area contributed by atoms with Crippen molar-refractivity contribution >= 4 is 22.7 Å². The van der Waals surface area contributed by atoms with Crippen LogP contribution in [-0.2, 0) is 25.4 Å². The first-order valence-corrected chi connectivity index (χ1v) is 9.21. The maximum Gasteiger partial charge on any atom is 0.330 e. The molecule has 0 aliphatic rings. The lowest BCUT2D eigenvalue weighted by Crippen LogP contribution is -2.39. The van der Waals surface area contributed by atoms with Gasteiger partial charge in [0, 0.05) is 55.8 Å². The van der Waals surface area contributed by atoms with E-state index in [0.29, 0.717) is 16.6 Å². The number of nitrogens with one attached hydrogen (secondary N) is 3. The minimum absolute atomic E-state index is 0.00724. The highest BCUT2D eigenvalue weighted by Gasteiger charge is 2.12. The third-order valence-electron chi connectivity index (χ3n) is 4.72. The molecule has 156 valence electrons. The van der Waals surface area contributed by atoms with E-state index in [9.17, 15) is 24.0 Å². The van der Waals surface area contributed by atoms with Gasteiger partial charge in [0.15, 0.2) is 0 Å². The van der Waals surface area contributed by atoms with Crippen LogP contribution in [0.2, 0.25) is 0 Å². The number of H-pyrrole nitrogens is 1. The summed E-state index contributed by atoms with van der Waals surface area (Å²) in [4.78, 5) is 62.5. The maximum absolute atomic E-state index is 12.5. The smallest absolute Gasteiger partial charge is 0.330 e. The average Bonchev–Trinajstić information content (AvgIpc) is 2.73. The van der Waals surface area contributed by atoms with Gasteiger partial charge >= 0.3 is 5.69 Å². The summed E-state index contributed by atoms with van der Waals surface area (Å²) in [6.07, 6.45) is -0.00828. The molecule has 2 heterocycles. The summed E-state index contributed by atoms with van der Waals surface area (Å²) in [5, 5.41) is 5.84. The molecule has 0 saturated heterocycles. The van der Waals surface area contributed by atoms with Crippen LogP contribution < -0.4 is 27.4 Å². The zero-order valence-electron chi connectivity index (χ0n) is 16.5. The summed E-state index contributed by atoms with van der Waals surface area (Å²) >= 11 is 0. The first kappa shape index (κ1) is 20.8. The molecule has 3 rings (SSSR count). The van der Waals surface area contributed by atoms with E-state index in [4.69, 9.17) is 0 Å². The first-order valence-electron chi connectivity index (χ1n) is 9.21. The van der Waals surface area contributed by atoms with Gasteiger partial charge in [-0.05, 0) is 6.07 Å². The zero-order valence-corrected chi connectivity index (χ0v) is 16.5. The summed E-state index contributed by atoms with van der Waals surface area (Å²) in [5.41, 5.74) is -0.187. The number of aromatic amines is 1. The highest BCUT2D eigenvalue weighted by molar-refractivity contribution is 6.06. The molecule has 2 amide bonds. The molecule has 3 aromatic rings. The molecule has 0 atom stereocenters. The Hall–Kier alpha value is -3.95. The topological polar surface area (TPSA) is 135 Å². The van der Waals surface area contributed by atoms with Crippen LogP contribution in [0.5, 0.6) is 0 Å². The number of hydrogen-bond acceptors (Lipinski definition) is 5. The molecule has 2 aromatic heterocycles. The highest BCUT2D eigenvalue weighted by Crippen LogP contribution is 2.14. The van der Waals surface area contributed by atoms with Crippen LogP contribution in [0, 0.1) is 0 Å². The summed E-state index contributed by atoms with van der Waals surface area (Å²) in [6, 6.07) is 9.43. The minimum atomic E-state index is -0.482. The molecule has 0 fully saturated rings. The number of benzene rings is 1. The first-order chi connectivity index (χ1) is 14.3. The van der Waals surface area contributed by atoms with E-state index in [0.717, 1.165) is 4.57 Å². The number of rotatable bonds is 6. The third-order valence-corrected chi connectivity index (χ3v) is 4.72. The Morgan fingerprint density at radius 3 is 2.50 bits per heavy atom. The van der Waals surface area contributed by atoms with Crippen LogP contribution in [0.25, 0.3) is 10.9 Å². The number of fused-ring (bicyclic) bond motifs is 1. The molecule has 10 nitrogen and oxygen atoms in total. The van der Waals surface area contributed by atoms with Gasteiger partial charge in [-0.2, -0.15) is 0 Å². The molecule has 0 spiro atoms. The summed E-state index contributed by atoms with van der Waals surface area (Å²) in [6.45, 7) is 0.0641. The van der Waals surface area contributed by atoms with Crippen molar-refractivity contribution in [2.75, 3.05) is 6.54 Å². The van der Waals surface area contributed by atoms with Gasteiger partial charge in [-0.15, -0.1) is 0 Å². The summed E-state index contributed by atoms with van der Waals surface area (Å²) < 4.78 is 2.25. The molecule has 0 unspecified atom stereocenters. The molecule has 1 aromatic carbocycles. The Balaban J connectivity index is 1.58. The lowest BCUT2D eigenvalue weighted by molar-refractivity contribution is -0.121. The SMILES string of the molecule is Cn1c(CNC(=O)CCNC(=O)c2cc(=O)[nH]c3ccccc23)cc(=O)n(C)c1=O. The summed E-state index contributed by atoms with van der Waals surface area (Å²) in [5.74, 6) is -0.821. The van der Waals surface area contributed by atoms with Crippen molar-refractivity contribution < 1.29 is 9.59 Å². The molecule has 3 N–H and O–H groups in total. The number of hydrogen-bond donors (Lipinski definition) is 3. The Bertz CT molecular complexity index is 1300. The Morgan fingerprint density at radius 1 is 1.00 bits per heavy atom. The summed E-state index contributed by atoms with van der Waals surface area (Å²) in [7, 11) is 2.88. The van der Waals surface area contributed by atoms with Gasteiger partial charge in [0.25, 0.3) is 11.5 Å². The molecule has 0 radical (unpaired) electrons. The van der Waals surface area contributed by atoms with Gasteiger partial charge < -0.3 is 15.6 Å². The van der Waals surface area contributed by atoms with Crippen LogP contribution in [-0.4, -0.2) is 32.5 Å². The molecule has 0 aliphatic heterocycles. The second kappa shape index (κ2) is 8.60. The van der Waals surface area contributed by atoms with Crippen LogP contribution in [0.3, 0.4) is 0 Å².